The minimum atomic E-state index is 0.716. The molecule has 0 bridgehead atoms. The molecule has 0 unspecified atom stereocenters. The minimum absolute atomic E-state index is 0.716. The quantitative estimate of drug-likeness (QED) is 0.563. The number of alkyl halides is 1. The molecule has 82 valence electrons. The Morgan fingerprint density at radius 3 is 2.12 bits per heavy atom. The summed E-state index contributed by atoms with van der Waals surface area (Å²) in [4.78, 5) is 0. The van der Waals surface area contributed by atoms with Crippen LogP contribution in [0.15, 0.2) is 54.9 Å². The molecule has 1 nitrogen and oxygen atoms in total. The van der Waals surface area contributed by atoms with Crippen molar-refractivity contribution in [1.82, 2.24) is 0 Å². The maximum absolute atomic E-state index is 5.67. The van der Waals surface area contributed by atoms with Crippen molar-refractivity contribution in [1.29, 1.82) is 0 Å². The molecule has 1 aromatic carbocycles. The van der Waals surface area contributed by atoms with Crippen molar-refractivity contribution in [3.8, 4) is 11.1 Å². The summed E-state index contributed by atoms with van der Waals surface area (Å²) < 4.78 is 2.16. The first-order valence-electron chi connectivity index (χ1n) is 5.50. The minimum Gasteiger partial charge on any atom is -0.205 e. The normalized spacial score (nSPS) is 10.3. The summed E-state index contributed by atoms with van der Waals surface area (Å²) in [5, 5.41) is 0. The molecule has 2 rings (SSSR count). The van der Waals surface area contributed by atoms with Crippen molar-refractivity contribution >= 4 is 11.6 Å². The van der Waals surface area contributed by atoms with Crippen LogP contribution >= 0.6 is 11.6 Å². The average Bonchev–Trinajstić information content (AvgIpc) is 2.38. The van der Waals surface area contributed by atoms with Crippen molar-refractivity contribution in [2.45, 2.75) is 13.0 Å². The second kappa shape index (κ2) is 5.66. The molecule has 0 fully saturated rings. The molecule has 2 heteroatoms. The summed E-state index contributed by atoms with van der Waals surface area (Å²) in [5.74, 6) is 0.716. The Morgan fingerprint density at radius 2 is 1.50 bits per heavy atom. The Labute approximate surface area is 101 Å². The maximum atomic E-state index is 5.67. The third-order valence-electron chi connectivity index (χ3n) is 2.55. The van der Waals surface area contributed by atoms with Crippen molar-refractivity contribution < 1.29 is 4.57 Å². The Balaban J connectivity index is 2.13. The summed E-state index contributed by atoms with van der Waals surface area (Å²) in [6.45, 7) is 0.985. The predicted octanol–water partition coefficient (Wildman–Crippen LogP) is 3.27. The van der Waals surface area contributed by atoms with Crippen LogP contribution in [-0.4, -0.2) is 5.88 Å². The molecule has 0 saturated heterocycles. The molecule has 16 heavy (non-hydrogen) atoms. The van der Waals surface area contributed by atoms with Crippen LogP contribution in [0.1, 0.15) is 6.42 Å². The van der Waals surface area contributed by atoms with Gasteiger partial charge in [0.15, 0.2) is 12.4 Å². The first-order valence-corrected chi connectivity index (χ1v) is 6.04. The molecule has 0 amide bonds. The summed E-state index contributed by atoms with van der Waals surface area (Å²) in [5.41, 5.74) is 2.51. The molecule has 0 aliphatic rings. The van der Waals surface area contributed by atoms with Gasteiger partial charge < -0.3 is 0 Å². The number of benzene rings is 1. The largest absolute Gasteiger partial charge is 0.205 e. The van der Waals surface area contributed by atoms with Gasteiger partial charge in [-0.05, 0) is 11.1 Å². The molecule has 0 radical (unpaired) electrons. The van der Waals surface area contributed by atoms with Crippen molar-refractivity contribution in [2.24, 2.45) is 0 Å². The van der Waals surface area contributed by atoms with E-state index < -0.39 is 0 Å². The number of aromatic nitrogens is 1. The molecule has 0 aliphatic heterocycles. The van der Waals surface area contributed by atoms with E-state index in [1.54, 1.807) is 0 Å². The summed E-state index contributed by atoms with van der Waals surface area (Å²) >= 11 is 5.67. The highest BCUT2D eigenvalue weighted by Gasteiger charge is 2.01. The summed E-state index contributed by atoms with van der Waals surface area (Å²) in [6.07, 6.45) is 5.22. The molecule has 0 saturated carbocycles. The van der Waals surface area contributed by atoms with Gasteiger partial charge in [0.05, 0.1) is 0 Å². The highest BCUT2D eigenvalue weighted by atomic mass is 35.5. The van der Waals surface area contributed by atoms with E-state index in [0.717, 1.165) is 13.0 Å². The van der Waals surface area contributed by atoms with E-state index >= 15 is 0 Å². The number of pyridine rings is 1. The van der Waals surface area contributed by atoms with Gasteiger partial charge in [-0.2, -0.15) is 0 Å². The highest BCUT2D eigenvalue weighted by molar-refractivity contribution is 6.17. The second-order valence-corrected chi connectivity index (χ2v) is 4.11. The lowest BCUT2D eigenvalue weighted by atomic mass is 10.1. The van der Waals surface area contributed by atoms with Gasteiger partial charge in [-0.3, -0.25) is 0 Å². The number of rotatable bonds is 4. The lowest BCUT2D eigenvalue weighted by Crippen LogP contribution is -2.32. The van der Waals surface area contributed by atoms with Gasteiger partial charge in [0.25, 0.3) is 0 Å². The molecule has 0 spiro atoms. The third-order valence-corrected chi connectivity index (χ3v) is 2.82. The third kappa shape index (κ3) is 2.83. The van der Waals surface area contributed by atoms with Crippen LogP contribution in [0.2, 0.25) is 0 Å². The van der Waals surface area contributed by atoms with E-state index in [2.05, 4.69) is 53.4 Å². The van der Waals surface area contributed by atoms with Crippen molar-refractivity contribution in [3.05, 3.63) is 54.9 Å². The molecular formula is C14H15ClN+. The van der Waals surface area contributed by atoms with Crippen molar-refractivity contribution in [3.63, 3.8) is 0 Å². The number of halogens is 1. The lowest BCUT2D eigenvalue weighted by Gasteiger charge is -2.00. The number of hydrogen-bond acceptors (Lipinski definition) is 0. The van der Waals surface area contributed by atoms with Gasteiger partial charge >= 0.3 is 0 Å². The smallest absolute Gasteiger partial charge is 0.169 e. The molecule has 0 atom stereocenters. The number of aryl methyl sites for hydroxylation is 1. The fourth-order valence-corrected chi connectivity index (χ4v) is 1.79. The highest BCUT2D eigenvalue weighted by Crippen LogP contribution is 2.16. The summed E-state index contributed by atoms with van der Waals surface area (Å²) in [6, 6.07) is 14.7. The topological polar surface area (TPSA) is 3.88 Å². The molecule has 0 aliphatic carbocycles. The molecular weight excluding hydrogens is 218 g/mol. The first-order chi connectivity index (χ1) is 7.90. The number of nitrogens with zero attached hydrogens (tertiary/aromatic N) is 1. The van der Waals surface area contributed by atoms with Crippen LogP contribution in [0, 0.1) is 0 Å². The van der Waals surface area contributed by atoms with Crippen LogP contribution in [0.4, 0.5) is 0 Å². The Hall–Kier alpha value is -1.34. The van der Waals surface area contributed by atoms with Gasteiger partial charge in [0, 0.05) is 24.4 Å². The van der Waals surface area contributed by atoms with Gasteiger partial charge in [-0.15, -0.1) is 11.6 Å². The van der Waals surface area contributed by atoms with E-state index in [-0.39, 0.29) is 0 Å². The van der Waals surface area contributed by atoms with Crippen LogP contribution in [0.25, 0.3) is 11.1 Å². The fourth-order valence-electron chi connectivity index (χ4n) is 1.67. The second-order valence-electron chi connectivity index (χ2n) is 3.73. The lowest BCUT2D eigenvalue weighted by molar-refractivity contribution is -0.696. The van der Waals surface area contributed by atoms with Gasteiger partial charge in [-0.1, -0.05) is 30.3 Å². The molecule has 0 N–H and O–H groups in total. The number of hydrogen-bond donors (Lipinski definition) is 0. The van der Waals surface area contributed by atoms with Crippen LogP contribution in [-0.2, 0) is 6.54 Å². The van der Waals surface area contributed by atoms with E-state index in [0.29, 0.717) is 5.88 Å². The zero-order valence-electron chi connectivity index (χ0n) is 9.14. The molecule has 2 aromatic rings. The first kappa shape index (κ1) is 11.2. The zero-order chi connectivity index (χ0) is 11.2. The Kier molecular flexibility index (Phi) is 3.95. The fraction of sp³-hybridized carbons (Fsp3) is 0.214. The van der Waals surface area contributed by atoms with E-state index in [1.807, 2.05) is 6.07 Å². The van der Waals surface area contributed by atoms with Gasteiger partial charge in [0.1, 0.15) is 6.54 Å². The monoisotopic (exact) mass is 232 g/mol. The van der Waals surface area contributed by atoms with Crippen LogP contribution in [0.5, 0.6) is 0 Å². The van der Waals surface area contributed by atoms with Crippen molar-refractivity contribution in [2.75, 3.05) is 5.88 Å². The SMILES string of the molecule is ClCCC[n+]1ccc(-c2ccccc2)cc1. The molecule has 1 aromatic heterocycles. The summed E-state index contributed by atoms with van der Waals surface area (Å²) in [7, 11) is 0. The zero-order valence-corrected chi connectivity index (χ0v) is 9.90. The predicted molar refractivity (Wildman–Crippen MR) is 67.4 cm³/mol. The van der Waals surface area contributed by atoms with Gasteiger partial charge in [0.2, 0.25) is 0 Å². The van der Waals surface area contributed by atoms with E-state index in [9.17, 15) is 0 Å². The van der Waals surface area contributed by atoms with Gasteiger partial charge in [-0.25, -0.2) is 4.57 Å². The van der Waals surface area contributed by atoms with E-state index in [1.165, 1.54) is 11.1 Å². The average molecular weight is 233 g/mol. The van der Waals surface area contributed by atoms with Crippen LogP contribution in [0.3, 0.4) is 0 Å². The van der Waals surface area contributed by atoms with Crippen LogP contribution < -0.4 is 4.57 Å². The van der Waals surface area contributed by atoms with E-state index in [4.69, 9.17) is 11.6 Å². The maximum Gasteiger partial charge on any atom is 0.169 e. The molecule has 1 heterocycles. The Bertz CT molecular complexity index is 422. The standard InChI is InChI=1S/C14H15ClN/c15-9-4-10-16-11-7-14(8-12-16)13-5-2-1-3-6-13/h1-3,5-8,11-12H,4,9-10H2/q+1. The Morgan fingerprint density at radius 1 is 0.875 bits per heavy atom.